The lowest BCUT2D eigenvalue weighted by atomic mass is 10.1. The molecule has 0 saturated carbocycles. The molecule has 0 saturated heterocycles. The van der Waals surface area contributed by atoms with Crippen LogP contribution in [-0.2, 0) is 11.2 Å². The van der Waals surface area contributed by atoms with E-state index in [2.05, 4.69) is 15.9 Å². The van der Waals surface area contributed by atoms with Crippen molar-refractivity contribution in [3.63, 3.8) is 0 Å². The van der Waals surface area contributed by atoms with Crippen molar-refractivity contribution >= 4 is 21.8 Å². The minimum atomic E-state index is -0.675. The van der Waals surface area contributed by atoms with Crippen molar-refractivity contribution in [1.82, 2.24) is 4.90 Å². The fourth-order valence-electron chi connectivity index (χ4n) is 1.48. The first-order chi connectivity index (χ1) is 8.41. The van der Waals surface area contributed by atoms with E-state index in [0.29, 0.717) is 11.4 Å². The predicted molar refractivity (Wildman–Crippen MR) is 70.7 cm³/mol. The number of benzene rings is 1. The Morgan fingerprint density at radius 3 is 2.44 bits per heavy atom. The molecule has 0 N–H and O–H groups in total. The highest BCUT2D eigenvalue weighted by molar-refractivity contribution is 9.09. The predicted octanol–water partition coefficient (Wildman–Crippen LogP) is 3.14. The van der Waals surface area contributed by atoms with E-state index in [1.54, 1.807) is 7.05 Å². The molecular formula is C13H16BrF2NO. The van der Waals surface area contributed by atoms with Crippen LogP contribution in [0.25, 0.3) is 0 Å². The van der Waals surface area contributed by atoms with Gasteiger partial charge in [0.1, 0.15) is 11.6 Å². The SMILES string of the molecule is CC(Br)CCN(C)C(=O)Cc1c(F)cccc1F. The van der Waals surface area contributed by atoms with Gasteiger partial charge in [-0.2, -0.15) is 0 Å². The number of likely N-dealkylation sites (N-methyl/N-ethyl adjacent to an activating group) is 1. The summed E-state index contributed by atoms with van der Waals surface area (Å²) in [6.45, 7) is 2.54. The zero-order valence-electron chi connectivity index (χ0n) is 10.4. The van der Waals surface area contributed by atoms with E-state index in [4.69, 9.17) is 0 Å². The van der Waals surface area contributed by atoms with E-state index in [1.807, 2.05) is 6.92 Å². The highest BCUT2D eigenvalue weighted by Crippen LogP contribution is 2.14. The fourth-order valence-corrected chi connectivity index (χ4v) is 1.69. The summed E-state index contributed by atoms with van der Waals surface area (Å²) in [6, 6.07) is 3.60. The third kappa shape index (κ3) is 4.37. The fraction of sp³-hybridized carbons (Fsp3) is 0.462. The summed E-state index contributed by atoms with van der Waals surface area (Å²) in [7, 11) is 1.64. The molecule has 1 amide bonds. The van der Waals surface area contributed by atoms with Gasteiger partial charge in [0.2, 0.25) is 5.91 Å². The largest absolute Gasteiger partial charge is 0.345 e. The second-order valence-electron chi connectivity index (χ2n) is 4.26. The van der Waals surface area contributed by atoms with Crippen molar-refractivity contribution in [2.24, 2.45) is 0 Å². The van der Waals surface area contributed by atoms with Crippen LogP contribution in [0.5, 0.6) is 0 Å². The van der Waals surface area contributed by atoms with E-state index < -0.39 is 11.6 Å². The van der Waals surface area contributed by atoms with Gasteiger partial charge in [-0.1, -0.05) is 28.9 Å². The Morgan fingerprint density at radius 2 is 1.94 bits per heavy atom. The summed E-state index contributed by atoms with van der Waals surface area (Å²) < 4.78 is 26.7. The maximum atomic E-state index is 13.4. The minimum absolute atomic E-state index is 0.166. The van der Waals surface area contributed by atoms with Gasteiger partial charge in [-0.15, -0.1) is 0 Å². The molecule has 1 unspecified atom stereocenters. The first-order valence-corrected chi connectivity index (χ1v) is 6.64. The van der Waals surface area contributed by atoms with Gasteiger partial charge in [-0.3, -0.25) is 4.79 Å². The Hall–Kier alpha value is -0.970. The molecule has 0 radical (unpaired) electrons. The Morgan fingerprint density at radius 1 is 1.39 bits per heavy atom. The first-order valence-electron chi connectivity index (χ1n) is 5.72. The zero-order valence-corrected chi connectivity index (χ0v) is 12.0. The molecule has 0 heterocycles. The van der Waals surface area contributed by atoms with Crippen LogP contribution in [-0.4, -0.2) is 29.2 Å². The summed E-state index contributed by atoms with van der Waals surface area (Å²) >= 11 is 3.38. The number of carbonyl (C=O) groups excluding carboxylic acids is 1. The van der Waals surface area contributed by atoms with Gasteiger partial charge in [-0.05, 0) is 18.6 Å². The van der Waals surface area contributed by atoms with E-state index in [1.165, 1.54) is 11.0 Å². The summed E-state index contributed by atoms with van der Waals surface area (Å²) in [5, 5.41) is 0. The number of nitrogens with zero attached hydrogens (tertiary/aromatic N) is 1. The molecule has 0 aliphatic carbocycles. The topological polar surface area (TPSA) is 20.3 Å². The Balaban J connectivity index is 2.64. The normalized spacial score (nSPS) is 12.3. The van der Waals surface area contributed by atoms with Crippen LogP contribution in [0, 0.1) is 11.6 Å². The maximum absolute atomic E-state index is 13.4. The number of rotatable bonds is 5. The molecule has 1 rings (SSSR count). The minimum Gasteiger partial charge on any atom is -0.345 e. The molecule has 5 heteroatoms. The average Bonchev–Trinajstić information content (AvgIpc) is 2.30. The van der Waals surface area contributed by atoms with Crippen LogP contribution in [0.3, 0.4) is 0 Å². The van der Waals surface area contributed by atoms with Gasteiger partial charge in [0.15, 0.2) is 0 Å². The Bertz CT molecular complexity index is 403. The second kappa shape index (κ2) is 6.83. The molecule has 0 spiro atoms. The molecule has 1 aromatic carbocycles. The second-order valence-corrected chi connectivity index (χ2v) is 5.82. The average molecular weight is 320 g/mol. The lowest BCUT2D eigenvalue weighted by molar-refractivity contribution is -0.129. The third-order valence-electron chi connectivity index (χ3n) is 2.68. The molecule has 0 aliphatic heterocycles. The summed E-state index contributed by atoms with van der Waals surface area (Å²) in [4.78, 5) is 13.6. The smallest absolute Gasteiger partial charge is 0.226 e. The molecular weight excluding hydrogens is 304 g/mol. The molecule has 1 aromatic rings. The third-order valence-corrected chi connectivity index (χ3v) is 3.14. The number of hydrogen-bond donors (Lipinski definition) is 0. The van der Waals surface area contributed by atoms with Crippen LogP contribution in [0.1, 0.15) is 18.9 Å². The van der Waals surface area contributed by atoms with Gasteiger partial charge in [0.05, 0.1) is 6.42 Å². The molecule has 0 aromatic heterocycles. The molecule has 18 heavy (non-hydrogen) atoms. The Labute approximate surface area is 114 Å². The van der Waals surface area contributed by atoms with Crippen LogP contribution in [0.15, 0.2) is 18.2 Å². The van der Waals surface area contributed by atoms with E-state index >= 15 is 0 Å². The monoisotopic (exact) mass is 319 g/mol. The lowest BCUT2D eigenvalue weighted by Gasteiger charge is -2.18. The summed E-state index contributed by atoms with van der Waals surface area (Å²) in [6.07, 6.45) is 0.549. The molecule has 0 aliphatic rings. The maximum Gasteiger partial charge on any atom is 0.226 e. The standard InChI is InChI=1S/C13H16BrF2NO/c1-9(14)6-7-17(2)13(18)8-10-11(15)4-3-5-12(10)16/h3-5,9H,6-8H2,1-2H3. The molecule has 100 valence electrons. The quantitative estimate of drug-likeness (QED) is 0.763. The summed E-state index contributed by atoms with van der Waals surface area (Å²) in [5.74, 6) is -1.64. The van der Waals surface area contributed by atoms with Crippen molar-refractivity contribution in [1.29, 1.82) is 0 Å². The van der Waals surface area contributed by atoms with Gasteiger partial charge in [-0.25, -0.2) is 8.78 Å². The summed E-state index contributed by atoms with van der Waals surface area (Å²) in [5.41, 5.74) is -0.166. The molecule has 0 bridgehead atoms. The Kier molecular flexibility index (Phi) is 5.72. The number of carbonyl (C=O) groups is 1. The highest BCUT2D eigenvalue weighted by Gasteiger charge is 2.16. The first kappa shape index (κ1) is 15.1. The van der Waals surface area contributed by atoms with Crippen LogP contribution < -0.4 is 0 Å². The van der Waals surface area contributed by atoms with Gasteiger partial charge in [0.25, 0.3) is 0 Å². The highest BCUT2D eigenvalue weighted by atomic mass is 79.9. The van der Waals surface area contributed by atoms with Gasteiger partial charge >= 0.3 is 0 Å². The van der Waals surface area contributed by atoms with Gasteiger partial charge in [0, 0.05) is 24.0 Å². The number of amides is 1. The van der Waals surface area contributed by atoms with Crippen molar-refractivity contribution in [3.05, 3.63) is 35.4 Å². The van der Waals surface area contributed by atoms with Crippen molar-refractivity contribution in [2.75, 3.05) is 13.6 Å². The molecule has 2 nitrogen and oxygen atoms in total. The van der Waals surface area contributed by atoms with E-state index in [9.17, 15) is 13.6 Å². The number of hydrogen-bond acceptors (Lipinski definition) is 1. The molecule has 0 fully saturated rings. The van der Waals surface area contributed by atoms with Crippen LogP contribution >= 0.6 is 15.9 Å². The number of alkyl halides is 1. The zero-order chi connectivity index (χ0) is 13.7. The van der Waals surface area contributed by atoms with Gasteiger partial charge < -0.3 is 4.90 Å². The van der Waals surface area contributed by atoms with Crippen molar-refractivity contribution in [3.8, 4) is 0 Å². The van der Waals surface area contributed by atoms with Crippen molar-refractivity contribution in [2.45, 2.75) is 24.6 Å². The number of halogens is 3. The van der Waals surface area contributed by atoms with E-state index in [0.717, 1.165) is 18.6 Å². The van der Waals surface area contributed by atoms with E-state index in [-0.39, 0.29) is 17.9 Å². The van der Waals surface area contributed by atoms with Crippen molar-refractivity contribution < 1.29 is 13.6 Å². The lowest BCUT2D eigenvalue weighted by Crippen LogP contribution is -2.30. The molecule has 1 atom stereocenters. The van der Waals surface area contributed by atoms with Crippen LogP contribution in [0.2, 0.25) is 0 Å². The van der Waals surface area contributed by atoms with Crippen LogP contribution in [0.4, 0.5) is 8.78 Å².